The Hall–Kier alpha value is -1.20. The second-order valence-electron chi connectivity index (χ2n) is 3.27. The number of thioether (sulfide) groups is 1. The predicted octanol–water partition coefficient (Wildman–Crippen LogP) is 2.34. The number of benzene rings is 1. The molecule has 0 atom stereocenters. The summed E-state index contributed by atoms with van der Waals surface area (Å²) in [5.74, 6) is 1.69. The van der Waals surface area contributed by atoms with Gasteiger partial charge in [-0.05, 0) is 18.2 Å². The molecule has 0 radical (unpaired) electrons. The van der Waals surface area contributed by atoms with Crippen molar-refractivity contribution in [2.75, 3.05) is 5.73 Å². The molecule has 0 amide bonds. The third-order valence-corrected chi connectivity index (χ3v) is 3.46. The van der Waals surface area contributed by atoms with Gasteiger partial charge in [0.25, 0.3) is 0 Å². The Labute approximate surface area is 103 Å². The van der Waals surface area contributed by atoms with Crippen LogP contribution in [0.2, 0.25) is 5.02 Å². The average Bonchev–Trinajstić information content (AvgIpc) is 2.66. The van der Waals surface area contributed by atoms with E-state index >= 15 is 0 Å². The normalized spacial score (nSPS) is 10.6. The van der Waals surface area contributed by atoms with Gasteiger partial charge < -0.3 is 5.73 Å². The Kier molecular flexibility index (Phi) is 3.36. The van der Waals surface area contributed by atoms with Crippen molar-refractivity contribution in [2.24, 2.45) is 7.05 Å². The van der Waals surface area contributed by atoms with Crippen LogP contribution >= 0.6 is 23.4 Å². The molecule has 1 aromatic heterocycles. The summed E-state index contributed by atoms with van der Waals surface area (Å²) in [7, 11) is 1.87. The van der Waals surface area contributed by atoms with Gasteiger partial charge in [0.2, 0.25) is 0 Å². The van der Waals surface area contributed by atoms with Crippen LogP contribution in [0.1, 0.15) is 5.82 Å². The van der Waals surface area contributed by atoms with Gasteiger partial charge in [0.1, 0.15) is 12.2 Å². The fourth-order valence-corrected chi connectivity index (χ4v) is 2.36. The molecule has 1 aromatic carbocycles. The number of halogens is 1. The molecule has 2 N–H and O–H groups in total. The van der Waals surface area contributed by atoms with Gasteiger partial charge in [-0.2, -0.15) is 5.10 Å². The van der Waals surface area contributed by atoms with E-state index in [0.29, 0.717) is 10.7 Å². The Morgan fingerprint density at radius 3 is 2.94 bits per heavy atom. The van der Waals surface area contributed by atoms with Crippen LogP contribution in [0.3, 0.4) is 0 Å². The molecule has 16 heavy (non-hydrogen) atoms. The molecule has 0 bridgehead atoms. The van der Waals surface area contributed by atoms with Crippen molar-refractivity contribution in [2.45, 2.75) is 10.6 Å². The maximum absolute atomic E-state index is 5.93. The molecule has 0 unspecified atom stereocenters. The topological polar surface area (TPSA) is 56.7 Å². The first kappa shape index (κ1) is 11.3. The zero-order chi connectivity index (χ0) is 11.5. The number of aromatic nitrogens is 3. The van der Waals surface area contributed by atoms with Gasteiger partial charge >= 0.3 is 0 Å². The summed E-state index contributed by atoms with van der Waals surface area (Å²) < 4.78 is 1.76. The van der Waals surface area contributed by atoms with Gasteiger partial charge in [0, 0.05) is 11.9 Å². The van der Waals surface area contributed by atoms with Crippen LogP contribution in [0.25, 0.3) is 0 Å². The number of anilines is 1. The van der Waals surface area contributed by atoms with Crippen LogP contribution in [-0.4, -0.2) is 14.8 Å². The number of nitrogens with two attached hydrogens (primary N) is 1. The van der Waals surface area contributed by atoms with E-state index in [2.05, 4.69) is 10.1 Å². The summed E-state index contributed by atoms with van der Waals surface area (Å²) in [5, 5.41) is 4.59. The molecular weight excluding hydrogens is 244 g/mol. The van der Waals surface area contributed by atoms with E-state index in [4.69, 9.17) is 17.3 Å². The third kappa shape index (κ3) is 2.48. The van der Waals surface area contributed by atoms with Crippen LogP contribution in [0, 0.1) is 0 Å². The zero-order valence-electron chi connectivity index (χ0n) is 8.72. The van der Waals surface area contributed by atoms with E-state index < -0.39 is 0 Å². The molecule has 84 valence electrons. The summed E-state index contributed by atoms with van der Waals surface area (Å²) >= 11 is 7.59. The first-order chi connectivity index (χ1) is 7.66. The minimum absolute atomic E-state index is 0.586. The molecular formula is C10H11ClN4S. The van der Waals surface area contributed by atoms with Crippen molar-refractivity contribution in [1.29, 1.82) is 0 Å². The molecule has 1 heterocycles. The highest BCUT2D eigenvalue weighted by Gasteiger charge is 2.03. The quantitative estimate of drug-likeness (QED) is 0.675. The average molecular weight is 255 g/mol. The Morgan fingerprint density at radius 1 is 1.50 bits per heavy atom. The molecule has 0 spiro atoms. The van der Waals surface area contributed by atoms with Crippen molar-refractivity contribution in [1.82, 2.24) is 14.8 Å². The minimum atomic E-state index is 0.586. The van der Waals surface area contributed by atoms with Gasteiger partial charge in [-0.15, -0.1) is 11.8 Å². The molecule has 0 saturated heterocycles. The monoisotopic (exact) mass is 254 g/mol. The summed E-state index contributed by atoms with van der Waals surface area (Å²) in [6.45, 7) is 0. The van der Waals surface area contributed by atoms with Gasteiger partial charge in [-0.1, -0.05) is 11.6 Å². The van der Waals surface area contributed by atoms with E-state index in [1.54, 1.807) is 28.8 Å². The molecule has 2 rings (SSSR count). The minimum Gasteiger partial charge on any atom is -0.398 e. The lowest BCUT2D eigenvalue weighted by molar-refractivity contribution is 0.730. The Bertz CT molecular complexity index is 497. The van der Waals surface area contributed by atoms with E-state index in [0.717, 1.165) is 16.5 Å². The number of aryl methyl sites for hydroxylation is 1. The second-order valence-corrected chi connectivity index (χ2v) is 4.73. The number of nitrogens with zero attached hydrogens (tertiary/aromatic N) is 3. The fraction of sp³-hybridized carbons (Fsp3) is 0.200. The molecule has 0 saturated carbocycles. The summed E-state index contributed by atoms with van der Waals surface area (Å²) in [6, 6.07) is 5.61. The van der Waals surface area contributed by atoms with E-state index in [9.17, 15) is 0 Å². The van der Waals surface area contributed by atoms with Crippen molar-refractivity contribution < 1.29 is 0 Å². The van der Waals surface area contributed by atoms with Crippen molar-refractivity contribution in [3.8, 4) is 0 Å². The Morgan fingerprint density at radius 2 is 2.31 bits per heavy atom. The fourth-order valence-electron chi connectivity index (χ4n) is 1.20. The number of hydrogen-bond donors (Lipinski definition) is 1. The maximum atomic E-state index is 5.93. The van der Waals surface area contributed by atoms with Gasteiger partial charge in [0.15, 0.2) is 0 Å². The molecule has 0 aliphatic carbocycles. The summed E-state index contributed by atoms with van der Waals surface area (Å²) in [4.78, 5) is 5.22. The lowest BCUT2D eigenvalue weighted by atomic mass is 10.3. The third-order valence-electron chi connectivity index (χ3n) is 2.14. The number of hydrogen-bond acceptors (Lipinski definition) is 4. The number of rotatable bonds is 3. The molecule has 4 nitrogen and oxygen atoms in total. The molecule has 0 fully saturated rings. The zero-order valence-corrected chi connectivity index (χ0v) is 10.3. The number of nitrogen functional groups attached to an aromatic ring is 1. The first-order valence-corrected chi connectivity index (χ1v) is 6.04. The summed E-state index contributed by atoms with van der Waals surface area (Å²) in [6.07, 6.45) is 1.55. The molecule has 0 aliphatic rings. The SMILES string of the molecule is Cn1ncnc1CSc1ccc(N)c(Cl)c1. The maximum Gasteiger partial charge on any atom is 0.138 e. The lowest BCUT2D eigenvalue weighted by Gasteiger charge is -2.03. The van der Waals surface area contributed by atoms with Crippen LogP contribution < -0.4 is 5.73 Å². The van der Waals surface area contributed by atoms with Crippen molar-refractivity contribution in [3.05, 3.63) is 35.4 Å². The van der Waals surface area contributed by atoms with Crippen molar-refractivity contribution in [3.63, 3.8) is 0 Å². The first-order valence-electron chi connectivity index (χ1n) is 4.67. The highest BCUT2D eigenvalue weighted by atomic mass is 35.5. The van der Waals surface area contributed by atoms with Gasteiger partial charge in [-0.3, -0.25) is 4.68 Å². The van der Waals surface area contributed by atoms with Gasteiger partial charge in [0.05, 0.1) is 16.5 Å². The van der Waals surface area contributed by atoms with E-state index in [-0.39, 0.29) is 0 Å². The molecule has 0 aliphatic heterocycles. The van der Waals surface area contributed by atoms with Crippen molar-refractivity contribution >= 4 is 29.1 Å². The summed E-state index contributed by atoms with van der Waals surface area (Å²) in [5.41, 5.74) is 6.24. The highest BCUT2D eigenvalue weighted by molar-refractivity contribution is 7.98. The second kappa shape index (κ2) is 4.76. The van der Waals surface area contributed by atoms with Crippen LogP contribution in [0.5, 0.6) is 0 Å². The van der Waals surface area contributed by atoms with Crippen LogP contribution in [-0.2, 0) is 12.8 Å². The van der Waals surface area contributed by atoms with Crippen LogP contribution in [0.15, 0.2) is 29.4 Å². The van der Waals surface area contributed by atoms with E-state index in [1.807, 2.05) is 19.2 Å². The van der Waals surface area contributed by atoms with E-state index in [1.165, 1.54) is 0 Å². The lowest BCUT2D eigenvalue weighted by Crippen LogP contribution is -1.97. The van der Waals surface area contributed by atoms with Gasteiger partial charge in [-0.25, -0.2) is 4.98 Å². The molecule has 6 heteroatoms. The molecule has 2 aromatic rings. The predicted molar refractivity (Wildman–Crippen MR) is 66.4 cm³/mol. The highest BCUT2D eigenvalue weighted by Crippen LogP contribution is 2.27. The van der Waals surface area contributed by atoms with Crippen LogP contribution in [0.4, 0.5) is 5.69 Å². The Balaban J connectivity index is 2.05. The largest absolute Gasteiger partial charge is 0.398 e. The smallest absolute Gasteiger partial charge is 0.138 e. The standard InChI is InChI=1S/C10H11ClN4S/c1-15-10(13-6-14-15)5-16-7-2-3-9(12)8(11)4-7/h2-4,6H,5,12H2,1H3.